The molecule has 5 rings (SSSR count). The third-order valence-electron chi connectivity index (χ3n) is 5.24. The van der Waals surface area contributed by atoms with Crippen LogP contribution in [0.2, 0.25) is 0 Å². The number of aromatic amines is 1. The fourth-order valence-electron chi connectivity index (χ4n) is 3.72. The van der Waals surface area contributed by atoms with Gasteiger partial charge in [0.15, 0.2) is 0 Å². The van der Waals surface area contributed by atoms with Gasteiger partial charge in [-0.3, -0.25) is 9.48 Å². The van der Waals surface area contributed by atoms with Crippen LogP contribution in [0.4, 0.5) is 11.5 Å². The summed E-state index contributed by atoms with van der Waals surface area (Å²) < 4.78 is 1.97. The molecular weight excluding hydrogens is 384 g/mol. The zero-order valence-corrected chi connectivity index (χ0v) is 16.0. The van der Waals surface area contributed by atoms with E-state index in [0.29, 0.717) is 28.5 Å². The lowest BCUT2D eigenvalue weighted by atomic mass is 10.1. The molecule has 1 saturated heterocycles. The summed E-state index contributed by atoms with van der Waals surface area (Å²) in [6.07, 6.45) is 10.3. The number of rotatable bonds is 4. The number of piperidine rings is 1. The minimum atomic E-state index is -0.306. The lowest BCUT2D eigenvalue weighted by Gasteiger charge is -2.22. The van der Waals surface area contributed by atoms with Crippen LogP contribution in [0.3, 0.4) is 0 Å². The topological polar surface area (TPSA) is 134 Å². The van der Waals surface area contributed by atoms with E-state index in [4.69, 9.17) is 0 Å². The molecule has 4 N–H and O–H groups in total. The Morgan fingerprint density at radius 1 is 1.17 bits per heavy atom. The van der Waals surface area contributed by atoms with E-state index in [0.717, 1.165) is 37.0 Å². The number of anilines is 2. The highest BCUT2D eigenvalue weighted by atomic mass is 16.3. The first-order valence-corrected chi connectivity index (χ1v) is 9.73. The normalized spacial score (nSPS) is 14.8. The van der Waals surface area contributed by atoms with Gasteiger partial charge in [-0.1, -0.05) is 0 Å². The van der Waals surface area contributed by atoms with Crippen molar-refractivity contribution in [1.82, 2.24) is 35.0 Å². The zero-order valence-electron chi connectivity index (χ0n) is 16.0. The van der Waals surface area contributed by atoms with Crippen molar-refractivity contribution in [2.45, 2.75) is 18.9 Å². The molecule has 152 valence electrons. The molecule has 10 heteroatoms. The second-order valence-corrected chi connectivity index (χ2v) is 7.21. The van der Waals surface area contributed by atoms with Gasteiger partial charge in [-0.05, 0) is 43.5 Å². The van der Waals surface area contributed by atoms with E-state index >= 15 is 0 Å². The summed E-state index contributed by atoms with van der Waals surface area (Å²) in [7, 11) is 0. The number of hydrogen-bond acceptors (Lipinski definition) is 8. The van der Waals surface area contributed by atoms with Crippen molar-refractivity contribution in [3.05, 3.63) is 53.5 Å². The summed E-state index contributed by atoms with van der Waals surface area (Å²) in [6.45, 7) is 1.96. The van der Waals surface area contributed by atoms with E-state index in [9.17, 15) is 9.90 Å². The molecule has 0 aliphatic carbocycles. The number of pyridine rings is 2. The van der Waals surface area contributed by atoms with Crippen molar-refractivity contribution in [3.8, 4) is 17.3 Å². The Bertz CT molecular complexity index is 1240. The fourth-order valence-corrected chi connectivity index (χ4v) is 3.72. The average molecular weight is 404 g/mol. The van der Waals surface area contributed by atoms with Crippen LogP contribution in [0.25, 0.3) is 22.0 Å². The molecular formula is C20H20N8O2. The van der Waals surface area contributed by atoms with Crippen LogP contribution < -0.4 is 16.2 Å². The quantitative estimate of drug-likeness (QED) is 0.406. The van der Waals surface area contributed by atoms with Crippen LogP contribution in [0.5, 0.6) is 6.01 Å². The van der Waals surface area contributed by atoms with Crippen LogP contribution in [-0.2, 0) is 0 Å². The predicted molar refractivity (Wildman–Crippen MR) is 112 cm³/mol. The molecule has 0 aromatic carbocycles. The molecule has 5 heterocycles. The van der Waals surface area contributed by atoms with E-state index in [-0.39, 0.29) is 11.6 Å². The minimum Gasteiger partial charge on any atom is -0.479 e. The predicted octanol–water partition coefficient (Wildman–Crippen LogP) is 1.95. The molecule has 0 spiro atoms. The van der Waals surface area contributed by atoms with E-state index in [1.165, 1.54) is 12.4 Å². The third-order valence-corrected chi connectivity index (χ3v) is 5.24. The molecule has 30 heavy (non-hydrogen) atoms. The van der Waals surface area contributed by atoms with Gasteiger partial charge in [0.1, 0.15) is 5.82 Å². The SMILES string of the molecule is O=c1[nH]ccc2cc(-c3cnc(O)nc3)nc(Nc3cnn(C4CCNCC4)c3)c12. The molecule has 4 aromatic rings. The van der Waals surface area contributed by atoms with Crippen molar-refractivity contribution in [2.24, 2.45) is 0 Å². The smallest absolute Gasteiger partial charge is 0.313 e. The van der Waals surface area contributed by atoms with Crippen LogP contribution in [0.1, 0.15) is 18.9 Å². The minimum absolute atomic E-state index is 0.234. The first-order valence-electron chi connectivity index (χ1n) is 9.73. The van der Waals surface area contributed by atoms with Gasteiger partial charge >= 0.3 is 6.01 Å². The Labute approximate surface area is 171 Å². The van der Waals surface area contributed by atoms with Gasteiger partial charge in [-0.25, -0.2) is 15.0 Å². The molecule has 0 atom stereocenters. The van der Waals surface area contributed by atoms with Gasteiger partial charge in [-0.2, -0.15) is 5.10 Å². The monoisotopic (exact) mass is 404 g/mol. The third kappa shape index (κ3) is 3.48. The molecule has 0 radical (unpaired) electrons. The molecule has 0 amide bonds. The number of aromatic hydroxyl groups is 1. The summed E-state index contributed by atoms with van der Waals surface area (Å²) in [5, 5.41) is 21.6. The zero-order chi connectivity index (χ0) is 20.5. The highest BCUT2D eigenvalue weighted by Gasteiger charge is 2.17. The van der Waals surface area contributed by atoms with E-state index in [2.05, 4.69) is 35.7 Å². The molecule has 4 aromatic heterocycles. The molecule has 0 bridgehead atoms. The first kappa shape index (κ1) is 18.3. The summed E-state index contributed by atoms with van der Waals surface area (Å²) in [5.74, 6) is 0.419. The molecule has 1 aliphatic heterocycles. The van der Waals surface area contributed by atoms with Crippen molar-refractivity contribution in [2.75, 3.05) is 18.4 Å². The van der Waals surface area contributed by atoms with Gasteiger partial charge in [-0.15, -0.1) is 0 Å². The Kier molecular flexibility index (Phi) is 4.60. The number of nitrogens with one attached hydrogen (secondary N) is 3. The van der Waals surface area contributed by atoms with Gasteiger partial charge in [0.2, 0.25) is 0 Å². The van der Waals surface area contributed by atoms with Crippen molar-refractivity contribution >= 4 is 22.3 Å². The molecule has 10 nitrogen and oxygen atoms in total. The molecule has 0 saturated carbocycles. The second kappa shape index (κ2) is 7.56. The van der Waals surface area contributed by atoms with Crippen LogP contribution in [0.15, 0.2) is 47.9 Å². The number of fused-ring (bicyclic) bond motifs is 1. The number of H-pyrrole nitrogens is 1. The molecule has 1 fully saturated rings. The lowest BCUT2D eigenvalue weighted by molar-refractivity contribution is 0.343. The van der Waals surface area contributed by atoms with Gasteiger partial charge < -0.3 is 20.7 Å². The maximum atomic E-state index is 12.5. The Balaban J connectivity index is 1.55. The maximum absolute atomic E-state index is 12.5. The lowest BCUT2D eigenvalue weighted by Crippen LogP contribution is -2.29. The number of hydrogen-bond donors (Lipinski definition) is 4. The van der Waals surface area contributed by atoms with Crippen LogP contribution >= 0.6 is 0 Å². The average Bonchev–Trinajstić information content (AvgIpc) is 3.23. The van der Waals surface area contributed by atoms with Crippen LogP contribution in [-0.4, -0.2) is 47.9 Å². The first-order chi connectivity index (χ1) is 14.7. The molecule has 1 aliphatic rings. The van der Waals surface area contributed by atoms with E-state index in [1.807, 2.05) is 16.9 Å². The number of nitrogens with zero attached hydrogens (tertiary/aromatic N) is 5. The number of aromatic nitrogens is 6. The van der Waals surface area contributed by atoms with Gasteiger partial charge in [0.05, 0.1) is 29.0 Å². The largest absolute Gasteiger partial charge is 0.479 e. The Morgan fingerprint density at radius 3 is 2.77 bits per heavy atom. The summed E-state index contributed by atoms with van der Waals surface area (Å²) in [6, 6.07) is 3.66. The summed E-state index contributed by atoms with van der Waals surface area (Å²) in [5.41, 5.74) is 1.73. The summed E-state index contributed by atoms with van der Waals surface area (Å²) >= 11 is 0. The van der Waals surface area contributed by atoms with Crippen LogP contribution in [0, 0.1) is 0 Å². The van der Waals surface area contributed by atoms with E-state index in [1.54, 1.807) is 18.5 Å². The maximum Gasteiger partial charge on any atom is 0.313 e. The van der Waals surface area contributed by atoms with Gasteiger partial charge in [0.25, 0.3) is 5.56 Å². The highest BCUT2D eigenvalue weighted by Crippen LogP contribution is 2.28. The van der Waals surface area contributed by atoms with Crippen molar-refractivity contribution < 1.29 is 5.11 Å². The second-order valence-electron chi connectivity index (χ2n) is 7.21. The van der Waals surface area contributed by atoms with Crippen molar-refractivity contribution in [3.63, 3.8) is 0 Å². The standard InChI is InChI=1S/C20H20N8O2/c29-19-17-12(1-6-22-19)7-16(13-8-23-20(30)24-9-13)27-18(17)26-14-10-25-28(11-14)15-2-4-21-5-3-15/h1,6-11,15,21H,2-5H2,(H,22,29)(H,26,27)(H,23,24,30). The molecule has 0 unspecified atom stereocenters. The van der Waals surface area contributed by atoms with Gasteiger partial charge in [0, 0.05) is 30.4 Å². The van der Waals surface area contributed by atoms with Crippen molar-refractivity contribution in [1.29, 1.82) is 0 Å². The van der Waals surface area contributed by atoms with E-state index < -0.39 is 0 Å². The Morgan fingerprint density at radius 2 is 1.97 bits per heavy atom. The summed E-state index contributed by atoms with van der Waals surface area (Å²) in [4.78, 5) is 27.5. The fraction of sp³-hybridized carbons (Fsp3) is 0.250. The highest BCUT2D eigenvalue weighted by molar-refractivity contribution is 5.95. The Hall–Kier alpha value is -3.79.